The Morgan fingerprint density at radius 2 is 2.00 bits per heavy atom. The number of hydrogen-bond acceptors (Lipinski definition) is 4. The summed E-state index contributed by atoms with van der Waals surface area (Å²) < 4.78 is 11.2. The van der Waals surface area contributed by atoms with E-state index < -0.39 is 17.8 Å². The number of para-hydroxylation sites is 1. The van der Waals surface area contributed by atoms with Gasteiger partial charge in [-0.05, 0) is 37.3 Å². The number of benzene rings is 1. The van der Waals surface area contributed by atoms with Crippen LogP contribution in [-0.2, 0) is 9.59 Å². The fraction of sp³-hybridized carbons (Fsp3) is 0.400. The van der Waals surface area contributed by atoms with Crippen molar-refractivity contribution in [3.05, 3.63) is 42.2 Å². The predicted octanol–water partition coefficient (Wildman–Crippen LogP) is 3.14. The third kappa shape index (κ3) is 2.57. The molecule has 2 bridgehead atoms. The van der Waals surface area contributed by atoms with Crippen LogP contribution < -0.4 is 10.1 Å². The number of rotatable bonds is 5. The van der Waals surface area contributed by atoms with Crippen LogP contribution in [0, 0.1) is 23.7 Å². The molecule has 1 aromatic carbocycles. The Bertz CT molecular complexity index is 899. The molecular formula is C20H21NO5. The van der Waals surface area contributed by atoms with Gasteiger partial charge in [-0.15, -0.1) is 0 Å². The Kier molecular flexibility index (Phi) is 3.98. The molecule has 0 aliphatic heterocycles. The number of aliphatic carboxylic acids is 1. The summed E-state index contributed by atoms with van der Waals surface area (Å²) in [7, 11) is 1.58. The number of fused-ring (bicyclic) bond motifs is 3. The van der Waals surface area contributed by atoms with E-state index in [0.717, 1.165) is 11.8 Å². The van der Waals surface area contributed by atoms with Crippen LogP contribution in [0.25, 0.3) is 11.0 Å². The molecule has 0 spiro atoms. The molecule has 2 aromatic rings. The molecule has 1 amide bonds. The zero-order chi connectivity index (χ0) is 18.4. The molecule has 1 saturated carbocycles. The van der Waals surface area contributed by atoms with Gasteiger partial charge < -0.3 is 19.6 Å². The van der Waals surface area contributed by atoms with Crippen molar-refractivity contribution in [2.75, 3.05) is 7.11 Å². The normalized spacial score (nSPS) is 27.6. The highest BCUT2D eigenvalue weighted by Crippen LogP contribution is 2.48. The maximum atomic E-state index is 12.8. The standard InChI is InChI=1S/C20H21NO5/c1-10(15-9-13-4-3-5-14(25-2)18(13)26-15)21-19(22)16-11-6-7-12(8-11)17(16)20(23)24/h3-7,9-12,16-17H,8H2,1-2H3,(H,21,22)(H,23,24). The highest BCUT2D eigenvalue weighted by Gasteiger charge is 2.51. The van der Waals surface area contributed by atoms with Crippen molar-refractivity contribution < 1.29 is 23.8 Å². The van der Waals surface area contributed by atoms with Gasteiger partial charge in [0.15, 0.2) is 11.3 Å². The number of carbonyl (C=O) groups excluding carboxylic acids is 1. The second kappa shape index (κ2) is 6.20. The zero-order valence-electron chi connectivity index (χ0n) is 14.6. The second-order valence-corrected chi connectivity index (χ2v) is 7.10. The summed E-state index contributed by atoms with van der Waals surface area (Å²) in [4.78, 5) is 24.4. The van der Waals surface area contributed by atoms with Crippen molar-refractivity contribution in [1.29, 1.82) is 0 Å². The minimum Gasteiger partial charge on any atom is -0.493 e. The Balaban J connectivity index is 1.55. The first-order valence-corrected chi connectivity index (χ1v) is 8.77. The molecule has 6 heteroatoms. The van der Waals surface area contributed by atoms with E-state index in [1.807, 2.05) is 43.3 Å². The molecule has 26 heavy (non-hydrogen) atoms. The van der Waals surface area contributed by atoms with Crippen LogP contribution in [0.1, 0.15) is 25.1 Å². The Morgan fingerprint density at radius 3 is 2.69 bits per heavy atom. The van der Waals surface area contributed by atoms with Crippen molar-refractivity contribution in [3.63, 3.8) is 0 Å². The maximum absolute atomic E-state index is 12.8. The monoisotopic (exact) mass is 355 g/mol. The lowest BCUT2D eigenvalue weighted by molar-refractivity contribution is -0.148. The molecule has 5 atom stereocenters. The van der Waals surface area contributed by atoms with Crippen molar-refractivity contribution in [3.8, 4) is 5.75 Å². The molecule has 1 heterocycles. The van der Waals surface area contributed by atoms with Gasteiger partial charge in [0.05, 0.1) is 25.0 Å². The molecule has 2 aliphatic rings. The number of carboxylic acid groups (broad SMARTS) is 1. The lowest BCUT2D eigenvalue weighted by atomic mass is 9.82. The van der Waals surface area contributed by atoms with E-state index >= 15 is 0 Å². The highest BCUT2D eigenvalue weighted by molar-refractivity contribution is 5.87. The average Bonchev–Trinajstić information content (AvgIpc) is 3.33. The minimum atomic E-state index is -0.900. The van der Waals surface area contributed by atoms with Gasteiger partial charge in [0.2, 0.25) is 5.91 Å². The summed E-state index contributed by atoms with van der Waals surface area (Å²) in [5.74, 6) is -1.09. The number of amides is 1. The summed E-state index contributed by atoms with van der Waals surface area (Å²) in [6.07, 6.45) is 4.65. The number of nitrogens with one attached hydrogen (secondary N) is 1. The van der Waals surface area contributed by atoms with Gasteiger partial charge in [-0.2, -0.15) is 0 Å². The van der Waals surface area contributed by atoms with Crippen LogP contribution in [0.5, 0.6) is 5.75 Å². The third-order valence-electron chi connectivity index (χ3n) is 5.58. The average molecular weight is 355 g/mol. The summed E-state index contributed by atoms with van der Waals surface area (Å²) >= 11 is 0. The number of carboxylic acids is 1. The van der Waals surface area contributed by atoms with Crippen LogP contribution >= 0.6 is 0 Å². The fourth-order valence-electron chi connectivity index (χ4n) is 4.33. The number of ether oxygens (including phenoxy) is 1. The lowest BCUT2D eigenvalue weighted by Crippen LogP contribution is -2.41. The number of furan rings is 1. The van der Waals surface area contributed by atoms with E-state index in [1.54, 1.807) is 7.11 Å². The molecule has 6 nitrogen and oxygen atoms in total. The lowest BCUT2D eigenvalue weighted by Gasteiger charge is -2.25. The van der Waals surface area contributed by atoms with Crippen molar-refractivity contribution in [2.45, 2.75) is 19.4 Å². The molecule has 2 aliphatic carbocycles. The van der Waals surface area contributed by atoms with E-state index in [-0.39, 0.29) is 23.8 Å². The minimum absolute atomic E-state index is 0.00377. The molecule has 2 N–H and O–H groups in total. The van der Waals surface area contributed by atoms with Gasteiger partial charge >= 0.3 is 5.97 Å². The molecule has 0 radical (unpaired) electrons. The van der Waals surface area contributed by atoms with Crippen LogP contribution in [0.4, 0.5) is 0 Å². The highest BCUT2D eigenvalue weighted by atomic mass is 16.5. The van der Waals surface area contributed by atoms with E-state index in [4.69, 9.17) is 9.15 Å². The molecule has 136 valence electrons. The van der Waals surface area contributed by atoms with Crippen LogP contribution in [0.3, 0.4) is 0 Å². The SMILES string of the molecule is COc1cccc2cc(C(C)NC(=O)C3C4C=CC(C4)C3C(=O)O)oc12. The van der Waals surface area contributed by atoms with Crippen LogP contribution in [0.2, 0.25) is 0 Å². The fourth-order valence-corrected chi connectivity index (χ4v) is 4.33. The van der Waals surface area contributed by atoms with Gasteiger partial charge in [0.1, 0.15) is 5.76 Å². The first kappa shape index (κ1) is 16.7. The van der Waals surface area contributed by atoms with Gasteiger partial charge in [-0.1, -0.05) is 24.3 Å². The quantitative estimate of drug-likeness (QED) is 0.805. The molecule has 5 unspecified atom stereocenters. The van der Waals surface area contributed by atoms with Crippen molar-refractivity contribution in [1.82, 2.24) is 5.32 Å². The molecule has 4 rings (SSSR count). The van der Waals surface area contributed by atoms with Crippen LogP contribution in [0.15, 0.2) is 40.8 Å². The van der Waals surface area contributed by atoms with Crippen LogP contribution in [-0.4, -0.2) is 24.1 Å². The first-order chi connectivity index (χ1) is 12.5. The van der Waals surface area contributed by atoms with Gasteiger partial charge in [-0.3, -0.25) is 9.59 Å². The molecular weight excluding hydrogens is 334 g/mol. The number of allylic oxidation sites excluding steroid dienone is 2. The predicted molar refractivity (Wildman–Crippen MR) is 94.7 cm³/mol. The summed E-state index contributed by atoms with van der Waals surface area (Å²) in [6.45, 7) is 1.83. The van der Waals surface area contributed by atoms with Crippen molar-refractivity contribution in [2.24, 2.45) is 23.7 Å². The van der Waals surface area contributed by atoms with E-state index in [0.29, 0.717) is 17.1 Å². The molecule has 1 fully saturated rings. The maximum Gasteiger partial charge on any atom is 0.307 e. The zero-order valence-corrected chi connectivity index (χ0v) is 14.6. The Labute approximate surface area is 150 Å². The third-order valence-corrected chi connectivity index (χ3v) is 5.58. The summed E-state index contributed by atoms with van der Waals surface area (Å²) in [5.41, 5.74) is 0.636. The molecule has 0 saturated heterocycles. The first-order valence-electron chi connectivity index (χ1n) is 8.77. The second-order valence-electron chi connectivity index (χ2n) is 7.10. The van der Waals surface area contributed by atoms with E-state index in [2.05, 4.69) is 5.32 Å². The molecule has 1 aromatic heterocycles. The summed E-state index contributed by atoms with van der Waals surface area (Å²) in [6, 6.07) is 7.12. The van der Waals surface area contributed by atoms with E-state index in [9.17, 15) is 14.7 Å². The smallest absolute Gasteiger partial charge is 0.307 e. The largest absolute Gasteiger partial charge is 0.493 e. The van der Waals surface area contributed by atoms with E-state index in [1.165, 1.54) is 0 Å². The summed E-state index contributed by atoms with van der Waals surface area (Å²) in [5, 5.41) is 13.3. The van der Waals surface area contributed by atoms with Gasteiger partial charge in [0, 0.05) is 5.39 Å². The van der Waals surface area contributed by atoms with Crippen molar-refractivity contribution >= 4 is 22.8 Å². The number of carbonyl (C=O) groups is 2. The topological polar surface area (TPSA) is 88.8 Å². The Hall–Kier alpha value is -2.76. The Morgan fingerprint density at radius 1 is 1.27 bits per heavy atom. The number of hydrogen-bond donors (Lipinski definition) is 2. The number of methoxy groups -OCH3 is 1. The van der Waals surface area contributed by atoms with Gasteiger partial charge in [0.25, 0.3) is 0 Å². The van der Waals surface area contributed by atoms with Gasteiger partial charge in [-0.25, -0.2) is 0 Å².